The molecule has 168 valence electrons. The summed E-state index contributed by atoms with van der Waals surface area (Å²) in [6.07, 6.45) is 1.51. The van der Waals surface area contributed by atoms with Crippen LogP contribution < -0.4 is 14.8 Å². The number of furan rings is 1. The summed E-state index contributed by atoms with van der Waals surface area (Å²) < 4.78 is 20.9. The summed E-state index contributed by atoms with van der Waals surface area (Å²) in [6.45, 7) is -0.245. The fraction of sp³-hybridized carbons (Fsp3) is 0.227. The number of nitrogens with one attached hydrogen (secondary N) is 1. The van der Waals surface area contributed by atoms with Gasteiger partial charge < -0.3 is 28.8 Å². The number of methoxy groups -OCH3 is 2. The van der Waals surface area contributed by atoms with Gasteiger partial charge in [-0.2, -0.15) is 0 Å². The van der Waals surface area contributed by atoms with Gasteiger partial charge in [-0.3, -0.25) is 9.59 Å². The van der Waals surface area contributed by atoms with E-state index in [1.807, 2.05) is 0 Å². The van der Waals surface area contributed by atoms with Crippen LogP contribution in [0, 0.1) is 0 Å². The van der Waals surface area contributed by atoms with Gasteiger partial charge in [-0.05, 0) is 23.6 Å². The Kier molecular flexibility index (Phi) is 7.50. The van der Waals surface area contributed by atoms with Gasteiger partial charge in [0, 0.05) is 19.2 Å². The zero-order valence-electron chi connectivity index (χ0n) is 17.7. The first-order chi connectivity index (χ1) is 15.4. The molecule has 1 N–H and O–H groups in total. The molecule has 0 unspecified atom stereocenters. The highest BCUT2D eigenvalue weighted by Gasteiger charge is 2.22. The van der Waals surface area contributed by atoms with E-state index in [2.05, 4.69) is 5.32 Å². The molecule has 3 aromatic rings. The van der Waals surface area contributed by atoms with Gasteiger partial charge in [0.1, 0.15) is 5.76 Å². The van der Waals surface area contributed by atoms with Crippen molar-refractivity contribution in [3.8, 4) is 11.5 Å². The van der Waals surface area contributed by atoms with Crippen molar-refractivity contribution in [1.82, 2.24) is 4.90 Å². The van der Waals surface area contributed by atoms with Gasteiger partial charge in [0.25, 0.3) is 11.8 Å². The molecule has 10 heteroatoms. The number of likely N-dealkylation sites (N-methyl/N-ethyl adjacent to an activating group) is 1. The quantitative estimate of drug-likeness (QED) is 0.490. The number of nitrogens with zero attached hydrogens (tertiary/aromatic N) is 1. The summed E-state index contributed by atoms with van der Waals surface area (Å²) in [5, 5.41) is 4.45. The Bertz CT molecular complexity index is 1080. The van der Waals surface area contributed by atoms with Gasteiger partial charge in [-0.1, -0.05) is 6.07 Å². The van der Waals surface area contributed by atoms with Crippen molar-refractivity contribution < 1.29 is 33.0 Å². The van der Waals surface area contributed by atoms with Gasteiger partial charge >= 0.3 is 5.97 Å². The maximum atomic E-state index is 12.8. The lowest BCUT2D eigenvalue weighted by molar-refractivity contribution is -0.133. The fourth-order valence-corrected chi connectivity index (χ4v) is 3.40. The number of hydrogen-bond acceptors (Lipinski definition) is 8. The number of ether oxygens (including phenoxy) is 3. The van der Waals surface area contributed by atoms with E-state index in [1.54, 1.807) is 36.7 Å². The lowest BCUT2D eigenvalue weighted by Crippen LogP contribution is -2.30. The van der Waals surface area contributed by atoms with Gasteiger partial charge in [0.05, 0.1) is 43.2 Å². The van der Waals surface area contributed by atoms with Crippen LogP contribution in [0.4, 0.5) is 5.69 Å². The molecule has 9 nitrogen and oxygen atoms in total. The minimum Gasteiger partial charge on any atom is -0.493 e. The second kappa shape index (κ2) is 10.5. The highest BCUT2D eigenvalue weighted by Crippen LogP contribution is 2.34. The minimum atomic E-state index is -0.799. The molecule has 0 saturated carbocycles. The molecule has 0 radical (unpaired) electrons. The minimum absolute atomic E-state index is 0.0223. The van der Waals surface area contributed by atoms with E-state index in [0.717, 1.165) is 0 Å². The van der Waals surface area contributed by atoms with Crippen molar-refractivity contribution >= 4 is 34.8 Å². The molecule has 0 atom stereocenters. The van der Waals surface area contributed by atoms with Crippen LogP contribution in [0.15, 0.2) is 52.5 Å². The molecule has 1 aromatic carbocycles. The third-order valence-electron chi connectivity index (χ3n) is 4.46. The third kappa shape index (κ3) is 5.46. The Hall–Kier alpha value is -3.79. The molecule has 2 aromatic heterocycles. The highest BCUT2D eigenvalue weighted by molar-refractivity contribution is 7.12. The first-order valence-electron chi connectivity index (χ1n) is 9.47. The number of anilines is 1. The largest absolute Gasteiger partial charge is 0.493 e. The second-order valence-electron chi connectivity index (χ2n) is 6.59. The maximum absolute atomic E-state index is 12.8. The number of carbonyl (C=O) groups is 3. The van der Waals surface area contributed by atoms with E-state index in [1.165, 1.54) is 48.9 Å². The molecule has 2 heterocycles. The molecule has 0 fully saturated rings. The van der Waals surface area contributed by atoms with E-state index >= 15 is 0 Å². The number of rotatable bonds is 9. The molecular formula is C22H22N2O7S. The van der Waals surface area contributed by atoms with Crippen molar-refractivity contribution in [1.29, 1.82) is 0 Å². The molecule has 0 bridgehead atoms. The van der Waals surface area contributed by atoms with Crippen molar-refractivity contribution in [3.05, 3.63) is 64.2 Å². The van der Waals surface area contributed by atoms with Gasteiger partial charge in [-0.25, -0.2) is 4.79 Å². The van der Waals surface area contributed by atoms with Crippen molar-refractivity contribution in [2.24, 2.45) is 0 Å². The van der Waals surface area contributed by atoms with Crippen LogP contribution in [0.2, 0.25) is 0 Å². The summed E-state index contributed by atoms with van der Waals surface area (Å²) in [6, 6.07) is 9.72. The summed E-state index contributed by atoms with van der Waals surface area (Å²) in [4.78, 5) is 39.5. The van der Waals surface area contributed by atoms with Gasteiger partial charge in [0.2, 0.25) is 0 Å². The van der Waals surface area contributed by atoms with Crippen molar-refractivity contribution in [3.63, 3.8) is 0 Å². The Labute approximate surface area is 188 Å². The molecular weight excluding hydrogens is 436 g/mol. The van der Waals surface area contributed by atoms with E-state index in [4.69, 9.17) is 18.6 Å². The standard InChI is InChI=1S/C22H22N2O7S/c1-24(12-14-6-4-8-30-14)20(25)13-31-22(27)15-10-17(28-2)18(29-3)11-16(15)23-21(26)19-7-5-9-32-19/h4-11H,12-13H2,1-3H3,(H,23,26). The summed E-state index contributed by atoms with van der Waals surface area (Å²) in [5.41, 5.74) is 0.191. The number of thiophene rings is 1. The molecule has 0 spiro atoms. The smallest absolute Gasteiger partial charge is 0.340 e. The van der Waals surface area contributed by atoms with E-state index in [0.29, 0.717) is 16.4 Å². The molecule has 32 heavy (non-hydrogen) atoms. The third-order valence-corrected chi connectivity index (χ3v) is 5.33. The number of amides is 2. The van der Waals surface area contributed by atoms with Crippen LogP contribution in [0.1, 0.15) is 25.8 Å². The van der Waals surface area contributed by atoms with Crippen LogP contribution in [0.3, 0.4) is 0 Å². The van der Waals surface area contributed by atoms with Crippen molar-refractivity contribution in [2.45, 2.75) is 6.54 Å². The first kappa shape index (κ1) is 22.9. The van der Waals surface area contributed by atoms with Gasteiger partial charge in [-0.15, -0.1) is 11.3 Å². The molecule has 0 aliphatic rings. The number of benzene rings is 1. The molecule has 0 saturated heterocycles. The first-order valence-corrected chi connectivity index (χ1v) is 10.3. The summed E-state index contributed by atoms with van der Waals surface area (Å²) in [5.74, 6) is -0.414. The van der Waals surface area contributed by atoms with Crippen LogP contribution in [0.5, 0.6) is 11.5 Å². The summed E-state index contributed by atoms with van der Waals surface area (Å²) >= 11 is 1.26. The van der Waals surface area contributed by atoms with E-state index in [9.17, 15) is 14.4 Å². The number of hydrogen-bond donors (Lipinski definition) is 1. The Morgan fingerprint density at radius 1 is 1.09 bits per heavy atom. The van der Waals surface area contributed by atoms with Crippen molar-refractivity contribution in [2.75, 3.05) is 33.2 Å². The van der Waals surface area contributed by atoms with Crippen LogP contribution in [0.25, 0.3) is 0 Å². The Morgan fingerprint density at radius 3 is 2.47 bits per heavy atom. The van der Waals surface area contributed by atoms with Gasteiger partial charge in [0.15, 0.2) is 18.1 Å². The van der Waals surface area contributed by atoms with Crippen LogP contribution in [-0.2, 0) is 16.1 Å². The predicted molar refractivity (Wildman–Crippen MR) is 117 cm³/mol. The molecule has 3 rings (SSSR count). The Balaban J connectivity index is 1.75. The number of esters is 1. The monoisotopic (exact) mass is 458 g/mol. The second-order valence-corrected chi connectivity index (χ2v) is 7.54. The van der Waals surface area contributed by atoms with Crippen LogP contribution in [-0.4, -0.2) is 50.6 Å². The Morgan fingerprint density at radius 2 is 1.84 bits per heavy atom. The average molecular weight is 458 g/mol. The average Bonchev–Trinajstić information content (AvgIpc) is 3.51. The molecule has 0 aliphatic carbocycles. The lowest BCUT2D eigenvalue weighted by Gasteiger charge is -2.17. The lowest BCUT2D eigenvalue weighted by atomic mass is 10.1. The summed E-state index contributed by atoms with van der Waals surface area (Å²) in [7, 11) is 4.43. The molecule has 0 aliphatic heterocycles. The topological polar surface area (TPSA) is 107 Å². The predicted octanol–water partition coefficient (Wildman–Crippen LogP) is 3.43. The van der Waals surface area contributed by atoms with E-state index < -0.39 is 24.4 Å². The molecule has 2 amide bonds. The number of carbonyl (C=O) groups excluding carboxylic acids is 3. The zero-order valence-corrected chi connectivity index (χ0v) is 18.6. The fourth-order valence-electron chi connectivity index (χ4n) is 2.78. The zero-order chi connectivity index (χ0) is 23.1. The van der Waals surface area contributed by atoms with E-state index in [-0.39, 0.29) is 23.5 Å². The highest BCUT2D eigenvalue weighted by atomic mass is 32.1. The SMILES string of the molecule is COc1cc(NC(=O)c2cccs2)c(C(=O)OCC(=O)N(C)Cc2ccco2)cc1OC. The maximum Gasteiger partial charge on any atom is 0.340 e. The van der Waals surface area contributed by atoms with Crippen LogP contribution >= 0.6 is 11.3 Å². The normalized spacial score (nSPS) is 10.3.